The molecule has 1 aliphatic heterocycles. The highest BCUT2D eigenvalue weighted by Gasteiger charge is 2.19. The van der Waals surface area contributed by atoms with Crippen molar-refractivity contribution in [1.82, 2.24) is 20.9 Å². The predicted octanol–water partition coefficient (Wildman–Crippen LogP) is 2.42. The Kier molecular flexibility index (Phi) is 12.3. The zero-order valence-corrected chi connectivity index (χ0v) is 18.1. The van der Waals surface area contributed by atoms with Crippen LogP contribution in [0.25, 0.3) is 0 Å². The van der Waals surface area contributed by atoms with Gasteiger partial charge in [-0.15, -0.1) is 24.0 Å². The molecule has 0 atom stereocenters. The molecule has 0 aliphatic carbocycles. The molecule has 1 rings (SSSR count). The summed E-state index contributed by atoms with van der Waals surface area (Å²) in [5.74, 6) is 0.965. The van der Waals surface area contributed by atoms with Crippen LogP contribution in [0.1, 0.15) is 53.9 Å². The van der Waals surface area contributed by atoms with Crippen molar-refractivity contribution in [1.29, 1.82) is 0 Å². The second kappa shape index (κ2) is 12.3. The first-order chi connectivity index (χ1) is 10.4. The number of nitrogens with one attached hydrogen (secondary N) is 3. The Labute approximate surface area is 160 Å². The molecule has 138 valence electrons. The van der Waals surface area contributed by atoms with Gasteiger partial charge in [0.1, 0.15) is 0 Å². The molecule has 0 saturated carbocycles. The summed E-state index contributed by atoms with van der Waals surface area (Å²) in [6.45, 7) is 17.2. The van der Waals surface area contributed by atoms with Crippen LogP contribution in [0, 0.1) is 0 Å². The minimum absolute atomic E-state index is 0. The van der Waals surface area contributed by atoms with E-state index in [1.54, 1.807) is 0 Å². The molecule has 0 spiro atoms. The largest absolute Gasteiger partial charge is 0.357 e. The van der Waals surface area contributed by atoms with Gasteiger partial charge in [-0.2, -0.15) is 0 Å². The number of hydrogen-bond acceptors (Lipinski definition) is 3. The van der Waals surface area contributed by atoms with Crippen LogP contribution in [0.4, 0.5) is 0 Å². The topological polar surface area (TPSA) is 51.7 Å². The van der Waals surface area contributed by atoms with Crippen LogP contribution in [0.5, 0.6) is 0 Å². The van der Waals surface area contributed by atoms with Crippen molar-refractivity contribution in [3.05, 3.63) is 0 Å². The van der Waals surface area contributed by atoms with E-state index in [0.717, 1.165) is 25.6 Å². The van der Waals surface area contributed by atoms with E-state index in [2.05, 4.69) is 60.5 Å². The molecule has 0 bridgehead atoms. The Morgan fingerprint density at radius 1 is 1.17 bits per heavy atom. The number of guanidine groups is 1. The second-order valence-corrected chi connectivity index (χ2v) is 7.20. The van der Waals surface area contributed by atoms with Gasteiger partial charge in [0.2, 0.25) is 0 Å². The van der Waals surface area contributed by atoms with E-state index in [4.69, 9.17) is 0 Å². The lowest BCUT2D eigenvalue weighted by Gasteiger charge is -2.32. The molecule has 0 aromatic rings. The molecule has 3 N–H and O–H groups in total. The molecule has 0 aromatic carbocycles. The van der Waals surface area contributed by atoms with Crippen molar-refractivity contribution >= 4 is 29.9 Å². The third-order valence-electron chi connectivity index (χ3n) is 3.85. The molecule has 5 nitrogen and oxygen atoms in total. The lowest BCUT2D eigenvalue weighted by molar-refractivity contribution is 0.206. The lowest BCUT2D eigenvalue weighted by atomic mass is 10.1. The zero-order chi connectivity index (χ0) is 16.4. The molecule has 0 unspecified atom stereocenters. The fourth-order valence-corrected chi connectivity index (χ4v) is 2.73. The van der Waals surface area contributed by atoms with Crippen LogP contribution >= 0.6 is 24.0 Å². The molecular formula is C17H38IN5. The molecule has 0 radical (unpaired) electrons. The Balaban J connectivity index is 0.00000484. The van der Waals surface area contributed by atoms with Gasteiger partial charge in [-0.3, -0.25) is 4.99 Å². The van der Waals surface area contributed by atoms with E-state index < -0.39 is 0 Å². The van der Waals surface area contributed by atoms with E-state index >= 15 is 0 Å². The second-order valence-electron chi connectivity index (χ2n) is 7.20. The molecule has 0 amide bonds. The van der Waals surface area contributed by atoms with Gasteiger partial charge in [0.05, 0.1) is 6.54 Å². The molecule has 1 aliphatic rings. The third-order valence-corrected chi connectivity index (χ3v) is 3.85. The number of aliphatic imine (C=N–C) groups is 1. The maximum atomic E-state index is 4.68. The predicted molar refractivity (Wildman–Crippen MR) is 112 cm³/mol. The van der Waals surface area contributed by atoms with E-state index in [1.165, 1.54) is 38.9 Å². The Morgan fingerprint density at radius 3 is 2.35 bits per heavy atom. The number of rotatable bonds is 7. The minimum Gasteiger partial charge on any atom is -0.357 e. The fraction of sp³-hybridized carbons (Fsp3) is 0.941. The summed E-state index contributed by atoms with van der Waals surface area (Å²) in [5, 5.41) is 10.4. The van der Waals surface area contributed by atoms with Gasteiger partial charge >= 0.3 is 0 Å². The summed E-state index contributed by atoms with van der Waals surface area (Å²) in [5.41, 5.74) is 0.160. The summed E-state index contributed by atoms with van der Waals surface area (Å²) in [7, 11) is 0. The fourth-order valence-electron chi connectivity index (χ4n) is 2.73. The normalized spacial score (nSPS) is 17.7. The Bertz CT molecular complexity index is 319. The number of piperidine rings is 1. The summed E-state index contributed by atoms with van der Waals surface area (Å²) < 4.78 is 0. The summed E-state index contributed by atoms with van der Waals surface area (Å²) in [4.78, 5) is 7.25. The van der Waals surface area contributed by atoms with Gasteiger partial charge in [0.25, 0.3) is 0 Å². The molecule has 1 fully saturated rings. The Morgan fingerprint density at radius 2 is 1.83 bits per heavy atom. The first-order valence-corrected chi connectivity index (χ1v) is 8.97. The standard InChI is InChI=1S/C17H37N5.HI/c1-6-12-22-13-8-15(9-14-22)21-16(18-7-2)19-10-11-20-17(3,4)5;/h15,20H,6-14H2,1-5H3,(H2,18,19,21);1H. The van der Waals surface area contributed by atoms with Gasteiger partial charge in [0.15, 0.2) is 5.96 Å². The first kappa shape index (κ1) is 22.9. The maximum Gasteiger partial charge on any atom is 0.191 e. The number of nitrogens with zero attached hydrogens (tertiary/aromatic N) is 2. The van der Waals surface area contributed by atoms with E-state index in [9.17, 15) is 0 Å². The number of hydrogen-bond donors (Lipinski definition) is 3. The van der Waals surface area contributed by atoms with Crippen LogP contribution in [-0.2, 0) is 0 Å². The van der Waals surface area contributed by atoms with Gasteiger partial charge in [0, 0.05) is 37.8 Å². The summed E-state index contributed by atoms with van der Waals surface area (Å²) >= 11 is 0. The van der Waals surface area contributed by atoms with Crippen LogP contribution in [0.2, 0.25) is 0 Å². The molecule has 23 heavy (non-hydrogen) atoms. The van der Waals surface area contributed by atoms with Gasteiger partial charge in [-0.1, -0.05) is 6.92 Å². The first-order valence-electron chi connectivity index (χ1n) is 8.97. The highest BCUT2D eigenvalue weighted by Crippen LogP contribution is 2.10. The highest BCUT2D eigenvalue weighted by atomic mass is 127. The van der Waals surface area contributed by atoms with E-state index in [1.807, 2.05) is 0 Å². The Hall–Kier alpha value is -0.0800. The molecular weight excluding hydrogens is 401 g/mol. The smallest absolute Gasteiger partial charge is 0.191 e. The monoisotopic (exact) mass is 439 g/mol. The van der Waals surface area contributed by atoms with Crippen molar-refractivity contribution < 1.29 is 0 Å². The van der Waals surface area contributed by atoms with Crippen LogP contribution < -0.4 is 16.0 Å². The van der Waals surface area contributed by atoms with E-state index in [-0.39, 0.29) is 29.5 Å². The van der Waals surface area contributed by atoms with Crippen molar-refractivity contribution in [2.75, 3.05) is 39.3 Å². The number of halogens is 1. The minimum atomic E-state index is 0. The van der Waals surface area contributed by atoms with E-state index in [0.29, 0.717) is 6.04 Å². The summed E-state index contributed by atoms with van der Waals surface area (Å²) in [6.07, 6.45) is 3.68. The quantitative estimate of drug-likeness (QED) is 0.247. The average molecular weight is 439 g/mol. The maximum absolute atomic E-state index is 4.68. The molecule has 0 aromatic heterocycles. The van der Waals surface area contributed by atoms with Crippen LogP contribution in [-0.4, -0.2) is 61.7 Å². The van der Waals surface area contributed by atoms with Crippen LogP contribution in [0.15, 0.2) is 4.99 Å². The van der Waals surface area contributed by atoms with Gasteiger partial charge < -0.3 is 20.9 Å². The van der Waals surface area contributed by atoms with Crippen molar-refractivity contribution in [3.63, 3.8) is 0 Å². The average Bonchev–Trinajstić information content (AvgIpc) is 2.45. The van der Waals surface area contributed by atoms with Crippen molar-refractivity contribution in [3.8, 4) is 0 Å². The molecule has 1 heterocycles. The van der Waals surface area contributed by atoms with Crippen molar-refractivity contribution in [2.45, 2.75) is 65.5 Å². The number of likely N-dealkylation sites (tertiary alicyclic amines) is 1. The molecule has 1 saturated heterocycles. The van der Waals surface area contributed by atoms with Gasteiger partial charge in [-0.05, 0) is 53.5 Å². The molecule has 6 heteroatoms. The highest BCUT2D eigenvalue weighted by molar-refractivity contribution is 14.0. The third kappa shape index (κ3) is 11.2. The summed E-state index contributed by atoms with van der Waals surface area (Å²) in [6, 6.07) is 0.557. The lowest BCUT2D eigenvalue weighted by Crippen LogP contribution is -2.49. The SMILES string of the molecule is CCCN1CCC(NC(=NCCNC(C)(C)C)NCC)CC1.I. The van der Waals surface area contributed by atoms with Crippen LogP contribution in [0.3, 0.4) is 0 Å². The van der Waals surface area contributed by atoms with Crippen molar-refractivity contribution in [2.24, 2.45) is 4.99 Å². The van der Waals surface area contributed by atoms with Gasteiger partial charge in [-0.25, -0.2) is 0 Å². The zero-order valence-electron chi connectivity index (χ0n) is 15.7.